The SMILES string of the molecule is COc1cc(C(=O)N2CCN(Cc3noc(CN)n3)CC2)ccc1C.Cl. The van der Waals surface area contributed by atoms with Gasteiger partial charge in [-0.15, -0.1) is 12.4 Å². The first-order chi connectivity index (χ1) is 12.1. The van der Waals surface area contributed by atoms with E-state index < -0.39 is 0 Å². The number of benzene rings is 1. The average molecular weight is 382 g/mol. The molecule has 0 radical (unpaired) electrons. The predicted molar refractivity (Wildman–Crippen MR) is 98.3 cm³/mol. The molecule has 0 saturated carbocycles. The van der Waals surface area contributed by atoms with Crippen molar-refractivity contribution >= 4 is 18.3 Å². The number of aromatic nitrogens is 2. The maximum atomic E-state index is 12.7. The van der Waals surface area contributed by atoms with Gasteiger partial charge < -0.3 is 19.9 Å². The van der Waals surface area contributed by atoms with Crippen molar-refractivity contribution in [2.75, 3.05) is 33.3 Å². The fourth-order valence-corrected chi connectivity index (χ4v) is 2.88. The molecule has 2 N–H and O–H groups in total. The summed E-state index contributed by atoms with van der Waals surface area (Å²) in [6.45, 7) is 5.66. The van der Waals surface area contributed by atoms with Crippen LogP contribution < -0.4 is 10.5 Å². The second kappa shape index (κ2) is 8.98. The minimum atomic E-state index is 0. The lowest BCUT2D eigenvalue weighted by atomic mass is 10.1. The molecule has 1 aliphatic rings. The van der Waals surface area contributed by atoms with E-state index in [2.05, 4.69) is 15.0 Å². The van der Waals surface area contributed by atoms with Crippen LogP contribution in [0.3, 0.4) is 0 Å². The molecule has 8 nitrogen and oxygen atoms in total. The van der Waals surface area contributed by atoms with E-state index in [-0.39, 0.29) is 24.9 Å². The number of hydrogen-bond donors (Lipinski definition) is 1. The molecule has 1 aliphatic heterocycles. The lowest BCUT2D eigenvalue weighted by molar-refractivity contribution is 0.0624. The third-order valence-electron chi connectivity index (χ3n) is 4.36. The Labute approximate surface area is 158 Å². The Morgan fingerprint density at radius 3 is 2.65 bits per heavy atom. The van der Waals surface area contributed by atoms with Crippen LogP contribution in [0.25, 0.3) is 0 Å². The Balaban J connectivity index is 0.00000243. The molecule has 0 atom stereocenters. The molecule has 0 unspecified atom stereocenters. The van der Waals surface area contributed by atoms with Crippen LogP contribution >= 0.6 is 12.4 Å². The van der Waals surface area contributed by atoms with Gasteiger partial charge in [-0.05, 0) is 24.6 Å². The van der Waals surface area contributed by atoms with Gasteiger partial charge in [0.25, 0.3) is 5.91 Å². The molecule has 2 heterocycles. The number of methoxy groups -OCH3 is 1. The molecule has 26 heavy (non-hydrogen) atoms. The lowest BCUT2D eigenvalue weighted by Gasteiger charge is -2.34. The van der Waals surface area contributed by atoms with E-state index in [1.54, 1.807) is 13.2 Å². The van der Waals surface area contributed by atoms with Gasteiger partial charge in [-0.1, -0.05) is 11.2 Å². The van der Waals surface area contributed by atoms with Crippen molar-refractivity contribution in [1.29, 1.82) is 0 Å². The second-order valence-corrected chi connectivity index (χ2v) is 6.06. The minimum Gasteiger partial charge on any atom is -0.496 e. The van der Waals surface area contributed by atoms with Crippen molar-refractivity contribution in [3.63, 3.8) is 0 Å². The van der Waals surface area contributed by atoms with Gasteiger partial charge >= 0.3 is 0 Å². The molecule has 1 saturated heterocycles. The number of rotatable bonds is 5. The van der Waals surface area contributed by atoms with Crippen molar-refractivity contribution in [1.82, 2.24) is 19.9 Å². The number of ether oxygens (including phenoxy) is 1. The molecule has 2 aromatic rings. The van der Waals surface area contributed by atoms with Crippen molar-refractivity contribution in [2.45, 2.75) is 20.0 Å². The number of nitrogens with zero attached hydrogens (tertiary/aromatic N) is 4. The van der Waals surface area contributed by atoms with Crippen LogP contribution in [0.1, 0.15) is 27.6 Å². The zero-order chi connectivity index (χ0) is 17.8. The second-order valence-electron chi connectivity index (χ2n) is 6.06. The van der Waals surface area contributed by atoms with Crippen molar-refractivity contribution < 1.29 is 14.1 Å². The summed E-state index contributed by atoms with van der Waals surface area (Å²) in [6.07, 6.45) is 0. The molecule has 0 spiro atoms. The zero-order valence-electron chi connectivity index (χ0n) is 15.0. The van der Waals surface area contributed by atoms with Gasteiger partial charge in [0.05, 0.1) is 20.2 Å². The summed E-state index contributed by atoms with van der Waals surface area (Å²) in [6, 6.07) is 5.56. The van der Waals surface area contributed by atoms with Gasteiger partial charge in [0, 0.05) is 31.7 Å². The number of nitrogens with two attached hydrogens (primary N) is 1. The Morgan fingerprint density at radius 2 is 2.04 bits per heavy atom. The fourth-order valence-electron chi connectivity index (χ4n) is 2.88. The highest BCUT2D eigenvalue weighted by Gasteiger charge is 2.23. The maximum Gasteiger partial charge on any atom is 0.254 e. The summed E-state index contributed by atoms with van der Waals surface area (Å²) >= 11 is 0. The van der Waals surface area contributed by atoms with E-state index in [0.29, 0.717) is 36.9 Å². The lowest BCUT2D eigenvalue weighted by Crippen LogP contribution is -2.48. The quantitative estimate of drug-likeness (QED) is 0.831. The number of carbonyl (C=O) groups excluding carboxylic acids is 1. The number of piperazine rings is 1. The summed E-state index contributed by atoms with van der Waals surface area (Å²) in [4.78, 5) is 21.0. The molecule has 9 heteroatoms. The summed E-state index contributed by atoms with van der Waals surface area (Å²) in [5, 5.41) is 3.91. The molecule has 3 rings (SSSR count). The first kappa shape index (κ1) is 20.2. The van der Waals surface area contributed by atoms with E-state index in [4.69, 9.17) is 15.0 Å². The summed E-state index contributed by atoms with van der Waals surface area (Å²) < 4.78 is 10.3. The number of hydrogen-bond acceptors (Lipinski definition) is 7. The van der Waals surface area contributed by atoms with Gasteiger partial charge in [0.15, 0.2) is 5.82 Å². The molecule has 1 fully saturated rings. The van der Waals surface area contributed by atoms with Crippen LogP contribution in [0.4, 0.5) is 0 Å². The molecular weight excluding hydrogens is 358 g/mol. The minimum absolute atomic E-state index is 0. The highest BCUT2D eigenvalue weighted by atomic mass is 35.5. The molecular formula is C17H24ClN5O3. The van der Waals surface area contributed by atoms with Gasteiger partial charge in [-0.25, -0.2) is 0 Å². The van der Waals surface area contributed by atoms with E-state index in [0.717, 1.165) is 24.4 Å². The van der Waals surface area contributed by atoms with Crippen LogP contribution in [0, 0.1) is 6.92 Å². The van der Waals surface area contributed by atoms with Crippen molar-refractivity contribution in [3.05, 3.63) is 41.0 Å². The van der Waals surface area contributed by atoms with Crippen molar-refractivity contribution in [2.24, 2.45) is 5.73 Å². The number of aryl methyl sites for hydroxylation is 1. The Bertz CT molecular complexity index is 744. The monoisotopic (exact) mass is 381 g/mol. The normalized spacial score (nSPS) is 14.8. The van der Waals surface area contributed by atoms with E-state index in [9.17, 15) is 4.79 Å². The fraction of sp³-hybridized carbons (Fsp3) is 0.471. The smallest absolute Gasteiger partial charge is 0.254 e. The summed E-state index contributed by atoms with van der Waals surface area (Å²) in [7, 11) is 1.61. The predicted octanol–water partition coefficient (Wildman–Crippen LogP) is 1.23. The highest BCUT2D eigenvalue weighted by molar-refractivity contribution is 5.94. The average Bonchev–Trinajstić information content (AvgIpc) is 3.10. The van der Waals surface area contributed by atoms with Crippen LogP contribution in [0.2, 0.25) is 0 Å². The maximum absolute atomic E-state index is 12.7. The third kappa shape index (κ3) is 4.51. The van der Waals surface area contributed by atoms with Crippen LogP contribution in [0.5, 0.6) is 5.75 Å². The molecule has 1 aromatic heterocycles. The van der Waals surface area contributed by atoms with Gasteiger partial charge in [0.2, 0.25) is 5.89 Å². The molecule has 0 aliphatic carbocycles. The highest BCUT2D eigenvalue weighted by Crippen LogP contribution is 2.20. The first-order valence-electron chi connectivity index (χ1n) is 8.28. The molecule has 1 amide bonds. The summed E-state index contributed by atoms with van der Waals surface area (Å²) in [5.74, 6) is 1.83. The largest absolute Gasteiger partial charge is 0.496 e. The number of carbonyl (C=O) groups is 1. The van der Waals surface area contributed by atoms with Gasteiger partial charge in [-0.3, -0.25) is 9.69 Å². The van der Waals surface area contributed by atoms with E-state index in [1.807, 2.05) is 24.0 Å². The Morgan fingerprint density at radius 1 is 1.31 bits per heavy atom. The Hall–Kier alpha value is -2.16. The van der Waals surface area contributed by atoms with Crippen LogP contribution in [0.15, 0.2) is 22.7 Å². The summed E-state index contributed by atoms with van der Waals surface area (Å²) in [5.41, 5.74) is 7.14. The molecule has 1 aromatic carbocycles. The number of amides is 1. The van der Waals surface area contributed by atoms with Gasteiger partial charge in [-0.2, -0.15) is 4.98 Å². The van der Waals surface area contributed by atoms with E-state index >= 15 is 0 Å². The topological polar surface area (TPSA) is 97.7 Å². The zero-order valence-corrected chi connectivity index (χ0v) is 15.8. The number of halogens is 1. The van der Waals surface area contributed by atoms with Crippen molar-refractivity contribution in [3.8, 4) is 5.75 Å². The van der Waals surface area contributed by atoms with Crippen LogP contribution in [-0.2, 0) is 13.1 Å². The third-order valence-corrected chi connectivity index (χ3v) is 4.36. The molecule has 142 valence electrons. The van der Waals surface area contributed by atoms with Gasteiger partial charge in [0.1, 0.15) is 5.75 Å². The van der Waals surface area contributed by atoms with E-state index in [1.165, 1.54) is 0 Å². The molecule has 0 bridgehead atoms. The standard InChI is InChI=1S/C17H23N5O3.ClH/c1-12-3-4-13(9-14(12)24-2)17(23)22-7-5-21(6-8-22)11-15-19-16(10-18)25-20-15;/h3-4,9H,5-8,10-11,18H2,1-2H3;1H. The first-order valence-corrected chi connectivity index (χ1v) is 8.28. The Kier molecular flexibility index (Phi) is 6.96. The van der Waals surface area contributed by atoms with Crippen LogP contribution in [-0.4, -0.2) is 59.1 Å².